The molecule has 0 aromatic heterocycles. The lowest BCUT2D eigenvalue weighted by Gasteiger charge is -2.04. The normalized spacial score (nSPS) is 21.4. The zero-order valence-electron chi connectivity index (χ0n) is 4.05. The van der Waals surface area contributed by atoms with Crippen LogP contribution < -0.4 is 5.73 Å². The average Bonchev–Trinajstić information content (AvgIpc) is 1.69. The van der Waals surface area contributed by atoms with Crippen LogP contribution in [0.2, 0.25) is 0 Å². The summed E-state index contributed by atoms with van der Waals surface area (Å²) in [4.78, 5) is 3.99. The van der Waals surface area contributed by atoms with Crippen molar-refractivity contribution in [2.45, 2.75) is 6.42 Å². The third-order valence-corrected chi connectivity index (χ3v) is 1.74. The Morgan fingerprint density at radius 1 is 1.71 bits per heavy atom. The number of nitrogens with two attached hydrogens (primary N) is 1. The smallest absolute Gasteiger partial charge is 0.153 e. The second-order valence-electron chi connectivity index (χ2n) is 1.42. The molecular formula is C4H8N2S. The fourth-order valence-corrected chi connectivity index (χ4v) is 1.14. The SMILES string of the molecule is NC1=NCCC[35S]1. The standard InChI is InChI=1S/C4H8N2S/c5-4-6-2-1-3-7-4/h1-3H2,(H2,5,6)/i7+3. The van der Waals surface area contributed by atoms with Gasteiger partial charge in [0.1, 0.15) is 0 Å². The van der Waals surface area contributed by atoms with Crippen LogP contribution in [-0.4, -0.2) is 17.5 Å². The number of hydrogen-bond donors (Lipinski definition) is 1. The number of rotatable bonds is 0. The van der Waals surface area contributed by atoms with Gasteiger partial charge in [-0.15, -0.1) is 0 Å². The molecule has 1 aliphatic heterocycles. The maximum absolute atomic E-state index is 5.35. The summed E-state index contributed by atoms with van der Waals surface area (Å²) in [6.07, 6.45) is 1.19. The monoisotopic (exact) mass is 119 g/mol. The van der Waals surface area contributed by atoms with Crippen molar-refractivity contribution in [1.82, 2.24) is 0 Å². The van der Waals surface area contributed by atoms with Crippen LogP contribution in [-0.2, 0) is 0 Å². The Bertz CT molecular complexity index is 89.7. The molecule has 2 N–H and O–H groups in total. The lowest BCUT2D eigenvalue weighted by atomic mass is 10.5. The molecule has 0 spiro atoms. The molecular weight excluding hydrogens is 111 g/mol. The fraction of sp³-hybridized carbons (Fsp3) is 0.750. The van der Waals surface area contributed by atoms with Gasteiger partial charge in [0.15, 0.2) is 5.17 Å². The summed E-state index contributed by atoms with van der Waals surface area (Å²) >= 11 is 1.65. The number of amidine groups is 1. The van der Waals surface area contributed by atoms with E-state index in [9.17, 15) is 0 Å². The van der Waals surface area contributed by atoms with Gasteiger partial charge in [0.2, 0.25) is 0 Å². The van der Waals surface area contributed by atoms with Crippen LogP contribution >= 0.6 is 11.8 Å². The molecule has 0 bridgehead atoms. The predicted molar refractivity (Wildman–Crippen MR) is 33.6 cm³/mol. The van der Waals surface area contributed by atoms with E-state index in [-0.39, 0.29) is 0 Å². The quantitative estimate of drug-likeness (QED) is 0.502. The van der Waals surface area contributed by atoms with Crippen molar-refractivity contribution in [2.24, 2.45) is 10.7 Å². The van der Waals surface area contributed by atoms with E-state index >= 15 is 0 Å². The molecule has 0 fully saturated rings. The van der Waals surface area contributed by atoms with Crippen LogP contribution in [0.4, 0.5) is 0 Å². The Morgan fingerprint density at radius 2 is 2.57 bits per heavy atom. The summed E-state index contributed by atoms with van der Waals surface area (Å²) in [5, 5.41) is 0.756. The van der Waals surface area contributed by atoms with Gasteiger partial charge in [-0.05, 0) is 6.42 Å². The minimum Gasteiger partial charge on any atom is -0.379 e. The van der Waals surface area contributed by atoms with E-state index in [2.05, 4.69) is 4.99 Å². The molecule has 0 atom stereocenters. The van der Waals surface area contributed by atoms with E-state index < -0.39 is 0 Å². The van der Waals surface area contributed by atoms with Crippen molar-refractivity contribution in [1.29, 1.82) is 0 Å². The van der Waals surface area contributed by atoms with Crippen LogP contribution in [0, 0.1) is 0 Å². The Hall–Kier alpha value is -0.180. The Labute approximate surface area is 47.2 Å². The van der Waals surface area contributed by atoms with Crippen molar-refractivity contribution in [3.63, 3.8) is 0 Å². The molecule has 0 saturated heterocycles. The van der Waals surface area contributed by atoms with Crippen LogP contribution in [0.5, 0.6) is 0 Å². The van der Waals surface area contributed by atoms with Crippen LogP contribution in [0.3, 0.4) is 0 Å². The van der Waals surface area contributed by atoms with E-state index in [1.165, 1.54) is 6.42 Å². The molecule has 2 nitrogen and oxygen atoms in total. The highest BCUT2D eigenvalue weighted by Gasteiger charge is 1.97. The first-order valence-electron chi connectivity index (χ1n) is 2.32. The van der Waals surface area contributed by atoms with Crippen LogP contribution in [0.1, 0.15) is 6.42 Å². The van der Waals surface area contributed by atoms with Gasteiger partial charge in [-0.25, -0.2) is 0 Å². The molecule has 1 aliphatic rings. The van der Waals surface area contributed by atoms with Crippen molar-refractivity contribution in [3.8, 4) is 0 Å². The summed E-state index contributed by atoms with van der Waals surface area (Å²) in [6.45, 7) is 0.929. The second-order valence-corrected chi connectivity index (χ2v) is 2.54. The second kappa shape index (κ2) is 2.21. The van der Waals surface area contributed by atoms with Gasteiger partial charge < -0.3 is 5.73 Å². The maximum atomic E-state index is 5.35. The molecule has 0 aromatic carbocycles. The number of aliphatic imine (C=N–C) groups is 1. The largest absolute Gasteiger partial charge is 0.379 e. The van der Waals surface area contributed by atoms with E-state index in [0.717, 1.165) is 17.5 Å². The Balaban J connectivity index is 2.40. The number of nitrogens with zero attached hydrogens (tertiary/aromatic N) is 1. The third-order valence-electron chi connectivity index (χ3n) is 0.820. The summed E-state index contributed by atoms with van der Waals surface area (Å²) in [6, 6.07) is 0. The molecule has 0 aromatic rings. The lowest BCUT2D eigenvalue weighted by molar-refractivity contribution is 0.936. The van der Waals surface area contributed by atoms with Crippen molar-refractivity contribution in [3.05, 3.63) is 0 Å². The molecule has 0 unspecified atom stereocenters. The molecule has 0 saturated carbocycles. The predicted octanol–water partition coefficient (Wildman–Crippen LogP) is 0.438. The summed E-state index contributed by atoms with van der Waals surface area (Å²) in [5.74, 6) is 1.15. The highest BCUT2D eigenvalue weighted by Crippen LogP contribution is 2.07. The van der Waals surface area contributed by atoms with E-state index in [0.29, 0.717) is 0 Å². The van der Waals surface area contributed by atoms with E-state index in [1.54, 1.807) is 11.8 Å². The average molecular weight is 119 g/mol. The van der Waals surface area contributed by atoms with Gasteiger partial charge in [-0.1, -0.05) is 11.8 Å². The maximum Gasteiger partial charge on any atom is 0.153 e. The van der Waals surface area contributed by atoms with E-state index in [4.69, 9.17) is 5.73 Å². The van der Waals surface area contributed by atoms with Crippen LogP contribution in [0.15, 0.2) is 4.99 Å². The highest BCUT2D eigenvalue weighted by molar-refractivity contribution is 8.13. The lowest BCUT2D eigenvalue weighted by Crippen LogP contribution is -2.12. The fourth-order valence-electron chi connectivity index (χ4n) is 0.476. The third kappa shape index (κ3) is 1.39. The molecule has 0 amide bonds. The zero-order valence-corrected chi connectivity index (χ0v) is 4.87. The van der Waals surface area contributed by atoms with Gasteiger partial charge in [-0.2, -0.15) is 0 Å². The van der Waals surface area contributed by atoms with Gasteiger partial charge in [0, 0.05) is 12.3 Å². The topological polar surface area (TPSA) is 38.4 Å². The first-order valence-corrected chi connectivity index (χ1v) is 3.31. The minimum atomic E-state index is 0.756. The molecule has 40 valence electrons. The molecule has 0 radical (unpaired) electrons. The van der Waals surface area contributed by atoms with Gasteiger partial charge in [0.25, 0.3) is 0 Å². The summed E-state index contributed by atoms with van der Waals surface area (Å²) in [5.41, 5.74) is 5.35. The Morgan fingerprint density at radius 3 is 2.86 bits per heavy atom. The number of thioether (sulfide) groups is 1. The minimum absolute atomic E-state index is 0.756. The molecule has 0 aliphatic carbocycles. The van der Waals surface area contributed by atoms with Gasteiger partial charge in [0.05, 0.1) is 0 Å². The first kappa shape index (κ1) is 4.97. The molecule has 7 heavy (non-hydrogen) atoms. The van der Waals surface area contributed by atoms with E-state index in [1.807, 2.05) is 0 Å². The Kier molecular flexibility index (Phi) is 1.57. The van der Waals surface area contributed by atoms with Crippen molar-refractivity contribution in [2.75, 3.05) is 12.3 Å². The molecule has 1 rings (SSSR count). The van der Waals surface area contributed by atoms with Crippen molar-refractivity contribution >= 4 is 16.9 Å². The summed E-state index contributed by atoms with van der Waals surface area (Å²) in [7, 11) is 0. The first-order chi connectivity index (χ1) is 3.39. The van der Waals surface area contributed by atoms with Gasteiger partial charge >= 0.3 is 0 Å². The van der Waals surface area contributed by atoms with Gasteiger partial charge in [-0.3, -0.25) is 4.99 Å². The van der Waals surface area contributed by atoms with Crippen molar-refractivity contribution < 1.29 is 0 Å². The molecule has 1 heterocycles. The van der Waals surface area contributed by atoms with Crippen LogP contribution in [0.25, 0.3) is 0 Å². The highest BCUT2D eigenvalue weighted by atomic mass is 35.1. The number of hydrogen-bond acceptors (Lipinski definition) is 3. The summed E-state index contributed by atoms with van der Waals surface area (Å²) < 4.78 is 0. The zero-order chi connectivity index (χ0) is 5.11. The molecule has 3 heteroatoms.